The SMILES string of the molecule is O=C(Nc1ccc(C2CCCNC2)cc1)c1ccc(C(F)(F)F)nc1. The number of carbonyl (C=O) groups is 1. The highest BCUT2D eigenvalue weighted by Gasteiger charge is 2.32. The molecule has 7 heteroatoms. The number of hydrogen-bond acceptors (Lipinski definition) is 3. The van der Waals surface area contributed by atoms with Crippen molar-refractivity contribution in [2.75, 3.05) is 18.4 Å². The van der Waals surface area contributed by atoms with E-state index in [9.17, 15) is 18.0 Å². The van der Waals surface area contributed by atoms with Crippen LogP contribution >= 0.6 is 0 Å². The minimum atomic E-state index is -4.52. The Morgan fingerprint density at radius 3 is 2.48 bits per heavy atom. The lowest BCUT2D eigenvalue weighted by Gasteiger charge is -2.23. The van der Waals surface area contributed by atoms with Crippen LogP contribution in [0.5, 0.6) is 0 Å². The van der Waals surface area contributed by atoms with Crippen LogP contribution in [0.3, 0.4) is 0 Å². The highest BCUT2D eigenvalue weighted by atomic mass is 19.4. The Hall–Kier alpha value is -2.41. The molecule has 1 aromatic heterocycles. The highest BCUT2D eigenvalue weighted by Crippen LogP contribution is 2.27. The number of piperidine rings is 1. The van der Waals surface area contributed by atoms with Crippen molar-refractivity contribution in [3.8, 4) is 0 Å². The van der Waals surface area contributed by atoms with Gasteiger partial charge in [-0.2, -0.15) is 13.2 Å². The van der Waals surface area contributed by atoms with Crippen molar-refractivity contribution in [2.24, 2.45) is 0 Å². The second kappa shape index (κ2) is 7.23. The minimum Gasteiger partial charge on any atom is -0.322 e. The number of halogens is 3. The molecule has 0 saturated carbocycles. The normalized spacial score (nSPS) is 18.0. The standard InChI is InChI=1S/C18H18F3N3O/c19-18(20,21)16-8-5-14(11-23-16)17(25)24-15-6-3-12(4-7-15)13-2-1-9-22-10-13/h3-8,11,13,22H,1-2,9-10H2,(H,24,25). The first-order valence-corrected chi connectivity index (χ1v) is 8.09. The van der Waals surface area contributed by atoms with E-state index in [4.69, 9.17) is 0 Å². The fourth-order valence-corrected chi connectivity index (χ4v) is 2.87. The molecule has 1 unspecified atom stereocenters. The predicted molar refractivity (Wildman–Crippen MR) is 88.5 cm³/mol. The third kappa shape index (κ3) is 4.36. The van der Waals surface area contributed by atoms with Crippen LogP contribution < -0.4 is 10.6 Å². The lowest BCUT2D eigenvalue weighted by atomic mass is 9.91. The molecule has 2 heterocycles. The maximum Gasteiger partial charge on any atom is 0.433 e. The molecule has 3 rings (SSSR count). The summed E-state index contributed by atoms with van der Waals surface area (Å²) in [5.74, 6) is -0.0223. The first kappa shape index (κ1) is 17.4. The Labute approximate surface area is 143 Å². The Bertz CT molecular complexity index is 721. The average molecular weight is 349 g/mol. The number of amides is 1. The van der Waals surface area contributed by atoms with Gasteiger partial charge in [0.2, 0.25) is 0 Å². The molecule has 1 fully saturated rings. The molecule has 1 aliphatic heterocycles. The van der Waals surface area contributed by atoms with Gasteiger partial charge < -0.3 is 10.6 Å². The number of rotatable bonds is 3. The number of carbonyl (C=O) groups excluding carboxylic acids is 1. The quantitative estimate of drug-likeness (QED) is 0.886. The van der Waals surface area contributed by atoms with Crippen molar-refractivity contribution in [3.05, 3.63) is 59.4 Å². The predicted octanol–water partition coefficient (Wildman–Crippen LogP) is 3.82. The van der Waals surface area contributed by atoms with Crippen molar-refractivity contribution in [3.63, 3.8) is 0 Å². The molecular formula is C18H18F3N3O. The number of alkyl halides is 3. The van der Waals surface area contributed by atoms with Gasteiger partial charge in [0.15, 0.2) is 0 Å². The second-order valence-corrected chi connectivity index (χ2v) is 6.05. The van der Waals surface area contributed by atoms with E-state index in [-0.39, 0.29) is 5.56 Å². The summed E-state index contributed by atoms with van der Waals surface area (Å²) in [5.41, 5.74) is 0.863. The van der Waals surface area contributed by atoms with Gasteiger partial charge in [0.05, 0.1) is 5.56 Å². The van der Waals surface area contributed by atoms with E-state index in [0.29, 0.717) is 11.6 Å². The maximum absolute atomic E-state index is 12.5. The van der Waals surface area contributed by atoms with Gasteiger partial charge in [-0.15, -0.1) is 0 Å². The summed E-state index contributed by atoms with van der Waals surface area (Å²) in [5, 5.41) is 6.03. The molecule has 4 nitrogen and oxygen atoms in total. The summed E-state index contributed by atoms with van der Waals surface area (Å²) in [7, 11) is 0. The van der Waals surface area contributed by atoms with Crippen LogP contribution in [0.2, 0.25) is 0 Å². The van der Waals surface area contributed by atoms with E-state index in [2.05, 4.69) is 15.6 Å². The molecule has 1 atom stereocenters. The summed E-state index contributed by atoms with van der Waals surface area (Å²) in [6.07, 6.45) is -1.31. The fraction of sp³-hybridized carbons (Fsp3) is 0.333. The van der Waals surface area contributed by atoms with E-state index in [0.717, 1.165) is 44.3 Å². The number of nitrogens with one attached hydrogen (secondary N) is 2. The van der Waals surface area contributed by atoms with Gasteiger partial charge in [0.25, 0.3) is 5.91 Å². The van der Waals surface area contributed by atoms with Crippen molar-refractivity contribution in [2.45, 2.75) is 24.9 Å². The van der Waals surface area contributed by atoms with Crippen molar-refractivity contribution in [1.82, 2.24) is 10.3 Å². The second-order valence-electron chi connectivity index (χ2n) is 6.05. The molecular weight excluding hydrogens is 331 g/mol. The van der Waals surface area contributed by atoms with Gasteiger partial charge in [-0.25, -0.2) is 0 Å². The molecule has 0 aliphatic carbocycles. The van der Waals surface area contributed by atoms with Crippen LogP contribution in [0.15, 0.2) is 42.6 Å². The monoisotopic (exact) mass is 349 g/mol. The van der Waals surface area contributed by atoms with Crippen molar-refractivity contribution in [1.29, 1.82) is 0 Å². The van der Waals surface area contributed by atoms with Gasteiger partial charge in [0, 0.05) is 18.4 Å². The van der Waals surface area contributed by atoms with Crippen molar-refractivity contribution >= 4 is 11.6 Å². The molecule has 1 aromatic carbocycles. The molecule has 2 N–H and O–H groups in total. The Kier molecular flexibility index (Phi) is 5.03. The Morgan fingerprint density at radius 1 is 1.16 bits per heavy atom. The topological polar surface area (TPSA) is 54.0 Å². The molecule has 2 aromatic rings. The number of nitrogens with zero attached hydrogens (tertiary/aromatic N) is 1. The fourth-order valence-electron chi connectivity index (χ4n) is 2.87. The van der Waals surface area contributed by atoms with E-state index in [1.54, 1.807) is 12.1 Å². The highest BCUT2D eigenvalue weighted by molar-refractivity contribution is 6.04. The smallest absolute Gasteiger partial charge is 0.322 e. The summed E-state index contributed by atoms with van der Waals surface area (Å²) in [4.78, 5) is 15.4. The van der Waals surface area contributed by atoms with Gasteiger partial charge in [-0.3, -0.25) is 9.78 Å². The third-order valence-corrected chi connectivity index (χ3v) is 4.25. The molecule has 1 aliphatic rings. The number of hydrogen-bond donors (Lipinski definition) is 2. The Balaban J connectivity index is 1.64. The summed E-state index contributed by atoms with van der Waals surface area (Å²) < 4.78 is 37.5. The lowest BCUT2D eigenvalue weighted by Crippen LogP contribution is -2.28. The molecule has 1 amide bonds. The van der Waals surface area contributed by atoms with Crippen LogP contribution in [-0.2, 0) is 6.18 Å². The van der Waals surface area contributed by atoms with E-state index < -0.39 is 17.8 Å². The first-order chi connectivity index (χ1) is 11.9. The van der Waals surface area contributed by atoms with Gasteiger partial charge >= 0.3 is 6.18 Å². The largest absolute Gasteiger partial charge is 0.433 e. The number of aromatic nitrogens is 1. The zero-order valence-corrected chi connectivity index (χ0v) is 13.4. The lowest BCUT2D eigenvalue weighted by molar-refractivity contribution is -0.141. The zero-order chi connectivity index (χ0) is 17.9. The van der Waals surface area contributed by atoms with E-state index >= 15 is 0 Å². The number of anilines is 1. The van der Waals surface area contributed by atoms with E-state index in [1.165, 1.54) is 5.56 Å². The summed E-state index contributed by atoms with van der Waals surface area (Å²) in [6, 6.07) is 9.47. The van der Waals surface area contributed by atoms with E-state index in [1.807, 2.05) is 12.1 Å². The minimum absolute atomic E-state index is 0.0774. The van der Waals surface area contributed by atoms with Crippen LogP contribution in [-0.4, -0.2) is 24.0 Å². The van der Waals surface area contributed by atoms with Gasteiger partial charge in [-0.1, -0.05) is 12.1 Å². The molecule has 0 spiro atoms. The van der Waals surface area contributed by atoms with Gasteiger partial charge in [-0.05, 0) is 55.1 Å². The van der Waals surface area contributed by atoms with Crippen LogP contribution in [0.1, 0.15) is 40.4 Å². The third-order valence-electron chi connectivity index (χ3n) is 4.25. The molecule has 132 valence electrons. The summed E-state index contributed by atoms with van der Waals surface area (Å²) >= 11 is 0. The van der Waals surface area contributed by atoms with Crippen LogP contribution in [0, 0.1) is 0 Å². The zero-order valence-electron chi connectivity index (χ0n) is 13.4. The van der Waals surface area contributed by atoms with Crippen LogP contribution in [0.25, 0.3) is 0 Å². The first-order valence-electron chi connectivity index (χ1n) is 8.09. The summed E-state index contributed by atoms with van der Waals surface area (Å²) in [6.45, 7) is 1.99. The molecule has 25 heavy (non-hydrogen) atoms. The number of benzene rings is 1. The molecule has 1 saturated heterocycles. The van der Waals surface area contributed by atoms with Crippen LogP contribution in [0.4, 0.5) is 18.9 Å². The average Bonchev–Trinajstić information content (AvgIpc) is 2.62. The maximum atomic E-state index is 12.5. The van der Waals surface area contributed by atoms with Gasteiger partial charge in [0.1, 0.15) is 5.69 Å². The number of pyridine rings is 1. The molecule has 0 bridgehead atoms. The van der Waals surface area contributed by atoms with Crippen molar-refractivity contribution < 1.29 is 18.0 Å². The Morgan fingerprint density at radius 2 is 1.92 bits per heavy atom. The molecule has 0 radical (unpaired) electrons.